The van der Waals surface area contributed by atoms with Crippen molar-refractivity contribution >= 4 is 33.4 Å². The lowest BCUT2D eigenvalue weighted by atomic mass is 10.2. The lowest BCUT2D eigenvalue weighted by Gasteiger charge is -2.11. The van der Waals surface area contributed by atoms with Crippen molar-refractivity contribution in [1.29, 1.82) is 0 Å². The molecule has 2 aromatic carbocycles. The van der Waals surface area contributed by atoms with E-state index < -0.39 is 0 Å². The number of hydrogen-bond donors (Lipinski definition) is 2. The van der Waals surface area contributed by atoms with Crippen molar-refractivity contribution in [2.24, 2.45) is 0 Å². The maximum atomic E-state index is 12.0. The molecule has 0 radical (unpaired) electrons. The number of hydrogen-bond acceptors (Lipinski definition) is 3. The first-order valence-corrected chi connectivity index (χ1v) is 8.27. The number of ether oxygens (including phenoxy) is 1. The van der Waals surface area contributed by atoms with Gasteiger partial charge in [0.15, 0.2) is 0 Å². The van der Waals surface area contributed by atoms with Crippen LogP contribution in [-0.2, 0) is 4.79 Å². The maximum Gasteiger partial charge on any atom is 0.251 e. The van der Waals surface area contributed by atoms with E-state index in [1.165, 1.54) is 0 Å². The van der Waals surface area contributed by atoms with Gasteiger partial charge in [-0.2, -0.15) is 0 Å². The predicted molar refractivity (Wildman–Crippen MR) is 97.5 cm³/mol. The summed E-state index contributed by atoms with van der Waals surface area (Å²) in [7, 11) is 1.55. The topological polar surface area (TPSA) is 67.4 Å². The second-order valence-corrected chi connectivity index (χ2v) is 6.18. The molecule has 0 atom stereocenters. The Bertz CT molecular complexity index is 730. The molecule has 2 N–H and O–H groups in total. The smallest absolute Gasteiger partial charge is 0.251 e. The van der Waals surface area contributed by atoms with Gasteiger partial charge >= 0.3 is 0 Å². The molecule has 126 valence electrons. The minimum Gasteiger partial charge on any atom is -0.495 e. The van der Waals surface area contributed by atoms with Crippen molar-refractivity contribution in [2.45, 2.75) is 13.3 Å². The molecule has 0 aliphatic carbocycles. The normalized spacial score (nSPS) is 10.1. The summed E-state index contributed by atoms with van der Waals surface area (Å²) >= 11 is 3.32. The molecular weight excluding hydrogens is 372 g/mol. The average molecular weight is 391 g/mol. The molecule has 0 aromatic heterocycles. The van der Waals surface area contributed by atoms with Gasteiger partial charge in [-0.1, -0.05) is 22.0 Å². The van der Waals surface area contributed by atoms with Crippen molar-refractivity contribution in [3.05, 3.63) is 58.1 Å². The predicted octanol–water partition coefficient (Wildman–Crippen LogP) is 3.52. The van der Waals surface area contributed by atoms with Crippen LogP contribution in [0.4, 0.5) is 5.69 Å². The van der Waals surface area contributed by atoms with Gasteiger partial charge in [-0.25, -0.2) is 0 Å². The number of amides is 2. The summed E-state index contributed by atoms with van der Waals surface area (Å²) in [5, 5.41) is 5.53. The summed E-state index contributed by atoms with van der Waals surface area (Å²) in [4.78, 5) is 24.0. The van der Waals surface area contributed by atoms with E-state index in [0.717, 1.165) is 10.0 Å². The number of halogens is 1. The minimum atomic E-state index is -0.205. The molecule has 2 aromatic rings. The van der Waals surface area contributed by atoms with E-state index in [1.54, 1.807) is 37.4 Å². The highest BCUT2D eigenvalue weighted by atomic mass is 79.9. The Morgan fingerprint density at radius 2 is 1.83 bits per heavy atom. The molecule has 0 bridgehead atoms. The highest BCUT2D eigenvalue weighted by molar-refractivity contribution is 9.10. The van der Waals surface area contributed by atoms with Crippen LogP contribution in [0.15, 0.2) is 46.9 Å². The van der Waals surface area contributed by atoms with Crippen LogP contribution in [0.2, 0.25) is 0 Å². The Morgan fingerprint density at radius 3 is 2.50 bits per heavy atom. The number of rotatable bonds is 6. The maximum absolute atomic E-state index is 12.0. The lowest BCUT2D eigenvalue weighted by Crippen LogP contribution is -2.27. The van der Waals surface area contributed by atoms with Crippen LogP contribution in [0, 0.1) is 6.92 Å². The van der Waals surface area contributed by atoms with Gasteiger partial charge in [-0.3, -0.25) is 9.59 Å². The monoisotopic (exact) mass is 390 g/mol. The third kappa shape index (κ3) is 5.09. The zero-order valence-electron chi connectivity index (χ0n) is 13.6. The number of carbonyl (C=O) groups excluding carboxylic acids is 2. The van der Waals surface area contributed by atoms with Gasteiger partial charge in [-0.05, 0) is 48.9 Å². The van der Waals surface area contributed by atoms with Crippen molar-refractivity contribution in [3.63, 3.8) is 0 Å². The first kappa shape index (κ1) is 18.0. The molecule has 0 fully saturated rings. The molecule has 2 rings (SSSR count). The van der Waals surface area contributed by atoms with Gasteiger partial charge in [0.2, 0.25) is 5.91 Å². The molecule has 24 heavy (non-hydrogen) atoms. The first-order valence-electron chi connectivity index (χ1n) is 7.48. The molecule has 0 spiro atoms. The standard InChI is InChI=1S/C18H19BrN2O3/c1-12-3-8-16(24-2)15(11-12)21-17(22)9-10-20-18(23)13-4-6-14(19)7-5-13/h3-8,11H,9-10H2,1-2H3,(H,20,23)(H,21,22). The zero-order valence-corrected chi connectivity index (χ0v) is 15.1. The molecule has 0 unspecified atom stereocenters. The Hall–Kier alpha value is -2.34. The average Bonchev–Trinajstić information content (AvgIpc) is 2.55. The van der Waals surface area contributed by atoms with Gasteiger partial charge in [-0.15, -0.1) is 0 Å². The number of aryl methyl sites for hydroxylation is 1. The number of carbonyl (C=O) groups is 2. The quantitative estimate of drug-likeness (QED) is 0.792. The molecule has 6 heteroatoms. The van der Waals surface area contributed by atoms with E-state index in [4.69, 9.17) is 4.74 Å². The number of nitrogens with one attached hydrogen (secondary N) is 2. The summed E-state index contributed by atoms with van der Waals surface area (Å²) in [6.45, 7) is 2.20. The Balaban J connectivity index is 1.84. The van der Waals surface area contributed by atoms with E-state index in [9.17, 15) is 9.59 Å². The van der Waals surface area contributed by atoms with Gasteiger partial charge in [0.25, 0.3) is 5.91 Å². The second kappa shape index (κ2) is 8.49. The summed E-state index contributed by atoms with van der Waals surface area (Å²) in [5.41, 5.74) is 2.20. The fourth-order valence-electron chi connectivity index (χ4n) is 2.13. The molecular formula is C18H19BrN2O3. The van der Waals surface area contributed by atoms with Gasteiger partial charge in [0.1, 0.15) is 5.75 Å². The minimum absolute atomic E-state index is 0.180. The SMILES string of the molecule is COc1ccc(C)cc1NC(=O)CCNC(=O)c1ccc(Br)cc1. The van der Waals surface area contributed by atoms with Crippen LogP contribution in [-0.4, -0.2) is 25.5 Å². The van der Waals surface area contributed by atoms with Crippen LogP contribution in [0.25, 0.3) is 0 Å². The fourth-order valence-corrected chi connectivity index (χ4v) is 2.39. The third-order valence-electron chi connectivity index (χ3n) is 3.37. The highest BCUT2D eigenvalue weighted by Crippen LogP contribution is 2.25. The molecule has 0 aliphatic rings. The summed E-state index contributed by atoms with van der Waals surface area (Å²) in [5.74, 6) is 0.214. The highest BCUT2D eigenvalue weighted by Gasteiger charge is 2.09. The number of anilines is 1. The Kier molecular flexibility index (Phi) is 6.37. The third-order valence-corrected chi connectivity index (χ3v) is 3.90. The van der Waals surface area contributed by atoms with Crippen molar-refractivity contribution in [2.75, 3.05) is 19.0 Å². The van der Waals surface area contributed by atoms with Crippen molar-refractivity contribution in [1.82, 2.24) is 5.32 Å². The number of benzene rings is 2. The van der Waals surface area contributed by atoms with E-state index in [0.29, 0.717) is 17.0 Å². The second-order valence-electron chi connectivity index (χ2n) is 5.26. The van der Waals surface area contributed by atoms with Gasteiger partial charge < -0.3 is 15.4 Å². The fraction of sp³-hybridized carbons (Fsp3) is 0.222. The summed E-state index contributed by atoms with van der Waals surface area (Å²) in [6.07, 6.45) is 0.180. The first-order chi connectivity index (χ1) is 11.5. The summed E-state index contributed by atoms with van der Waals surface area (Å²) < 4.78 is 6.13. The van der Waals surface area contributed by atoms with E-state index in [1.807, 2.05) is 19.1 Å². The lowest BCUT2D eigenvalue weighted by molar-refractivity contribution is -0.116. The molecule has 0 heterocycles. The zero-order chi connectivity index (χ0) is 17.5. The van der Waals surface area contributed by atoms with Crippen LogP contribution in [0.1, 0.15) is 22.3 Å². The largest absolute Gasteiger partial charge is 0.495 e. The molecule has 5 nitrogen and oxygen atoms in total. The summed E-state index contributed by atoms with van der Waals surface area (Å²) in [6, 6.07) is 12.6. The molecule has 0 saturated heterocycles. The van der Waals surface area contributed by atoms with Crippen LogP contribution in [0.3, 0.4) is 0 Å². The van der Waals surface area contributed by atoms with Crippen LogP contribution in [0.5, 0.6) is 5.75 Å². The van der Waals surface area contributed by atoms with Gasteiger partial charge in [0.05, 0.1) is 12.8 Å². The molecule has 0 saturated carbocycles. The Morgan fingerprint density at radius 1 is 1.12 bits per heavy atom. The van der Waals surface area contributed by atoms with E-state index in [2.05, 4.69) is 26.6 Å². The number of methoxy groups -OCH3 is 1. The Labute approximate surface area is 149 Å². The molecule has 2 amide bonds. The van der Waals surface area contributed by atoms with Crippen molar-refractivity contribution in [3.8, 4) is 5.75 Å². The van der Waals surface area contributed by atoms with E-state index in [-0.39, 0.29) is 24.8 Å². The van der Waals surface area contributed by atoms with Crippen molar-refractivity contribution < 1.29 is 14.3 Å². The van der Waals surface area contributed by atoms with Crippen LogP contribution >= 0.6 is 15.9 Å². The van der Waals surface area contributed by atoms with E-state index >= 15 is 0 Å². The van der Waals surface area contributed by atoms with Gasteiger partial charge in [0, 0.05) is 23.0 Å². The molecule has 0 aliphatic heterocycles. The van der Waals surface area contributed by atoms with Crippen LogP contribution < -0.4 is 15.4 Å².